The van der Waals surface area contributed by atoms with E-state index in [-0.39, 0.29) is 12.4 Å². The van der Waals surface area contributed by atoms with Crippen molar-refractivity contribution in [3.05, 3.63) is 58.6 Å². The Kier molecular flexibility index (Phi) is 4.30. The van der Waals surface area contributed by atoms with Gasteiger partial charge in [0, 0.05) is 29.9 Å². The van der Waals surface area contributed by atoms with Crippen LogP contribution in [-0.4, -0.2) is 17.3 Å². The van der Waals surface area contributed by atoms with E-state index in [2.05, 4.69) is 0 Å². The Labute approximate surface area is 117 Å². The summed E-state index contributed by atoms with van der Waals surface area (Å²) in [7, 11) is 1.93. The molecule has 3 nitrogen and oxygen atoms in total. The SMILES string of the molecule is CN(Cc1cc(O)ccc1Cl)c1ccccc1CO. The topological polar surface area (TPSA) is 43.7 Å². The summed E-state index contributed by atoms with van der Waals surface area (Å²) in [6.45, 7) is 0.554. The van der Waals surface area contributed by atoms with Gasteiger partial charge in [-0.2, -0.15) is 0 Å². The molecule has 2 N–H and O–H groups in total. The van der Waals surface area contributed by atoms with Crippen molar-refractivity contribution >= 4 is 17.3 Å². The Hall–Kier alpha value is -1.71. The summed E-state index contributed by atoms with van der Waals surface area (Å²) in [6.07, 6.45) is 0. The van der Waals surface area contributed by atoms with Gasteiger partial charge in [0.05, 0.1) is 6.61 Å². The lowest BCUT2D eigenvalue weighted by Gasteiger charge is -2.22. The van der Waals surface area contributed by atoms with E-state index in [4.69, 9.17) is 11.6 Å². The third-order valence-corrected chi connectivity index (χ3v) is 3.38. The van der Waals surface area contributed by atoms with Crippen molar-refractivity contribution in [2.75, 3.05) is 11.9 Å². The number of hydrogen-bond acceptors (Lipinski definition) is 3. The molecule has 0 heterocycles. The van der Waals surface area contributed by atoms with Gasteiger partial charge in [0.2, 0.25) is 0 Å². The van der Waals surface area contributed by atoms with Gasteiger partial charge in [0.25, 0.3) is 0 Å². The molecule has 0 fully saturated rings. The van der Waals surface area contributed by atoms with Gasteiger partial charge in [-0.15, -0.1) is 0 Å². The molecule has 0 radical (unpaired) electrons. The fourth-order valence-electron chi connectivity index (χ4n) is 2.04. The van der Waals surface area contributed by atoms with E-state index in [1.165, 1.54) is 0 Å². The number of para-hydroxylation sites is 1. The maximum atomic E-state index is 9.50. The zero-order valence-electron chi connectivity index (χ0n) is 10.7. The zero-order valence-corrected chi connectivity index (χ0v) is 11.4. The van der Waals surface area contributed by atoms with Crippen LogP contribution in [0.3, 0.4) is 0 Å². The number of anilines is 1. The van der Waals surface area contributed by atoms with Gasteiger partial charge in [-0.05, 0) is 29.8 Å². The first-order valence-electron chi connectivity index (χ1n) is 5.99. The molecule has 0 saturated heterocycles. The second kappa shape index (κ2) is 5.95. The molecule has 100 valence electrons. The lowest BCUT2D eigenvalue weighted by atomic mass is 10.1. The van der Waals surface area contributed by atoms with Gasteiger partial charge in [-0.25, -0.2) is 0 Å². The molecule has 0 spiro atoms. The monoisotopic (exact) mass is 277 g/mol. The van der Waals surface area contributed by atoms with Crippen LogP contribution in [0.5, 0.6) is 5.75 Å². The van der Waals surface area contributed by atoms with E-state index in [1.54, 1.807) is 18.2 Å². The van der Waals surface area contributed by atoms with Crippen LogP contribution in [0.1, 0.15) is 11.1 Å². The van der Waals surface area contributed by atoms with Gasteiger partial charge in [-0.1, -0.05) is 29.8 Å². The average Bonchev–Trinajstić information content (AvgIpc) is 2.42. The molecule has 4 heteroatoms. The van der Waals surface area contributed by atoms with Gasteiger partial charge >= 0.3 is 0 Å². The number of rotatable bonds is 4. The Morgan fingerprint density at radius 1 is 1.11 bits per heavy atom. The summed E-state index contributed by atoms with van der Waals surface area (Å²) >= 11 is 6.11. The molecule has 0 aliphatic rings. The van der Waals surface area contributed by atoms with Gasteiger partial charge in [-0.3, -0.25) is 0 Å². The van der Waals surface area contributed by atoms with Crippen LogP contribution < -0.4 is 4.90 Å². The highest BCUT2D eigenvalue weighted by atomic mass is 35.5. The van der Waals surface area contributed by atoms with Crippen LogP contribution in [0.2, 0.25) is 5.02 Å². The van der Waals surface area contributed by atoms with E-state index in [1.807, 2.05) is 36.2 Å². The lowest BCUT2D eigenvalue weighted by Crippen LogP contribution is -2.18. The van der Waals surface area contributed by atoms with Gasteiger partial charge in [0.15, 0.2) is 0 Å². The molecule has 0 aliphatic heterocycles. The highest BCUT2D eigenvalue weighted by molar-refractivity contribution is 6.31. The molecule has 2 aromatic carbocycles. The molecule has 0 bridgehead atoms. The Morgan fingerprint density at radius 2 is 1.84 bits per heavy atom. The maximum absolute atomic E-state index is 9.50. The number of halogens is 1. The summed E-state index contributed by atoms with van der Waals surface area (Å²) in [6, 6.07) is 12.5. The van der Waals surface area contributed by atoms with Crippen LogP contribution in [-0.2, 0) is 13.2 Å². The number of phenolic OH excluding ortho intramolecular Hbond substituents is 1. The molecule has 0 unspecified atom stereocenters. The smallest absolute Gasteiger partial charge is 0.116 e. The number of phenols is 1. The van der Waals surface area contributed by atoms with Crippen molar-refractivity contribution < 1.29 is 10.2 Å². The minimum Gasteiger partial charge on any atom is -0.508 e. The number of hydrogen-bond donors (Lipinski definition) is 2. The average molecular weight is 278 g/mol. The van der Waals surface area contributed by atoms with E-state index >= 15 is 0 Å². The van der Waals surface area contributed by atoms with Gasteiger partial charge < -0.3 is 15.1 Å². The first kappa shape index (κ1) is 13.7. The fourth-order valence-corrected chi connectivity index (χ4v) is 2.22. The van der Waals surface area contributed by atoms with E-state index in [9.17, 15) is 10.2 Å². The molecular weight excluding hydrogens is 262 g/mol. The van der Waals surface area contributed by atoms with Crippen molar-refractivity contribution in [3.63, 3.8) is 0 Å². The maximum Gasteiger partial charge on any atom is 0.116 e. The first-order chi connectivity index (χ1) is 9.11. The highest BCUT2D eigenvalue weighted by Gasteiger charge is 2.09. The number of nitrogens with zero attached hydrogens (tertiary/aromatic N) is 1. The third-order valence-electron chi connectivity index (χ3n) is 3.01. The number of aliphatic hydroxyl groups excluding tert-OH is 1. The molecule has 2 aromatic rings. The number of aliphatic hydroxyl groups is 1. The molecule has 2 rings (SSSR count). The van der Waals surface area contributed by atoms with Crippen LogP contribution in [0.15, 0.2) is 42.5 Å². The Balaban J connectivity index is 2.25. The highest BCUT2D eigenvalue weighted by Crippen LogP contribution is 2.26. The van der Waals surface area contributed by atoms with E-state index < -0.39 is 0 Å². The minimum absolute atomic E-state index is 0.00567. The lowest BCUT2D eigenvalue weighted by molar-refractivity contribution is 0.282. The molecule has 0 atom stereocenters. The summed E-state index contributed by atoms with van der Waals surface area (Å²) in [5, 5.41) is 19.5. The van der Waals surface area contributed by atoms with Crippen molar-refractivity contribution in [2.45, 2.75) is 13.2 Å². The minimum atomic E-state index is -0.00567. The standard InChI is InChI=1S/C15H16ClNO2/c1-17(15-5-3-2-4-11(15)10-18)9-12-8-13(19)6-7-14(12)16/h2-8,18-19H,9-10H2,1H3. The Bertz CT molecular complexity index is 572. The predicted octanol–water partition coefficient (Wildman–Crippen LogP) is 3.17. The summed E-state index contributed by atoms with van der Waals surface area (Å²) in [5.41, 5.74) is 2.66. The molecule has 0 saturated carbocycles. The van der Waals surface area contributed by atoms with E-state index in [0.717, 1.165) is 16.8 Å². The van der Waals surface area contributed by atoms with Crippen LogP contribution in [0.4, 0.5) is 5.69 Å². The zero-order chi connectivity index (χ0) is 13.8. The Morgan fingerprint density at radius 3 is 2.58 bits per heavy atom. The first-order valence-corrected chi connectivity index (χ1v) is 6.37. The molecule has 0 aliphatic carbocycles. The summed E-state index contributed by atoms with van der Waals surface area (Å²) in [5.74, 6) is 0.197. The van der Waals surface area contributed by atoms with Crippen LogP contribution in [0.25, 0.3) is 0 Å². The molecule has 19 heavy (non-hydrogen) atoms. The number of benzene rings is 2. The van der Waals surface area contributed by atoms with Crippen LogP contribution >= 0.6 is 11.6 Å². The molecule has 0 aromatic heterocycles. The second-order valence-electron chi connectivity index (χ2n) is 4.42. The second-order valence-corrected chi connectivity index (χ2v) is 4.83. The van der Waals surface area contributed by atoms with Crippen molar-refractivity contribution in [3.8, 4) is 5.75 Å². The molecule has 0 amide bonds. The molecular formula is C15H16ClNO2. The van der Waals surface area contributed by atoms with E-state index in [0.29, 0.717) is 11.6 Å². The predicted molar refractivity (Wildman–Crippen MR) is 77.6 cm³/mol. The van der Waals surface area contributed by atoms with Gasteiger partial charge in [0.1, 0.15) is 5.75 Å². The summed E-state index contributed by atoms with van der Waals surface area (Å²) in [4.78, 5) is 1.99. The quantitative estimate of drug-likeness (QED) is 0.902. The van der Waals surface area contributed by atoms with Crippen molar-refractivity contribution in [1.82, 2.24) is 0 Å². The number of aromatic hydroxyl groups is 1. The van der Waals surface area contributed by atoms with Crippen molar-refractivity contribution in [2.24, 2.45) is 0 Å². The van der Waals surface area contributed by atoms with Crippen molar-refractivity contribution in [1.29, 1.82) is 0 Å². The van der Waals surface area contributed by atoms with Crippen LogP contribution in [0, 0.1) is 0 Å². The third kappa shape index (κ3) is 3.19. The largest absolute Gasteiger partial charge is 0.508 e. The fraction of sp³-hybridized carbons (Fsp3) is 0.200. The summed E-state index contributed by atoms with van der Waals surface area (Å²) < 4.78 is 0. The normalized spacial score (nSPS) is 10.5.